The van der Waals surface area contributed by atoms with E-state index in [0.717, 1.165) is 26.5 Å². The third-order valence-corrected chi connectivity index (χ3v) is 5.90. The molecule has 1 aliphatic carbocycles. The number of carbonyl (C=O) groups is 1. The first-order chi connectivity index (χ1) is 12.2. The zero-order valence-electron chi connectivity index (χ0n) is 13.7. The molecule has 1 saturated carbocycles. The van der Waals surface area contributed by atoms with E-state index in [9.17, 15) is 4.79 Å². The highest BCUT2D eigenvalue weighted by Gasteiger charge is 2.23. The predicted octanol–water partition coefficient (Wildman–Crippen LogP) is 2.64. The minimum Gasteiger partial charge on any atom is -0.454 e. The Balaban J connectivity index is 1.27. The number of amides is 1. The van der Waals surface area contributed by atoms with Crippen molar-refractivity contribution in [2.24, 2.45) is 0 Å². The van der Waals surface area contributed by atoms with Gasteiger partial charge in [-0.1, -0.05) is 29.2 Å². The quantitative estimate of drug-likeness (QED) is 0.716. The van der Waals surface area contributed by atoms with Crippen LogP contribution in [-0.2, 0) is 11.3 Å². The van der Waals surface area contributed by atoms with Gasteiger partial charge in [0, 0.05) is 12.6 Å². The molecule has 25 heavy (non-hydrogen) atoms. The van der Waals surface area contributed by atoms with Gasteiger partial charge in [-0.05, 0) is 37.5 Å². The molecule has 1 fully saturated rings. The molecule has 132 valence electrons. The van der Waals surface area contributed by atoms with Gasteiger partial charge in [-0.15, -0.1) is 10.2 Å². The van der Waals surface area contributed by atoms with Gasteiger partial charge in [0.2, 0.25) is 17.8 Å². The number of fused-ring (bicyclic) bond motifs is 1. The molecular weight excluding hydrogens is 360 g/mol. The molecule has 2 aliphatic rings. The molecule has 1 aromatic carbocycles. The normalized spacial score (nSPS) is 16.5. The number of benzene rings is 1. The Morgan fingerprint density at radius 1 is 1.36 bits per heavy atom. The van der Waals surface area contributed by atoms with Crippen LogP contribution in [-0.4, -0.2) is 34.2 Å². The number of hydrogen-bond donors (Lipinski definition) is 2. The number of ether oxygens (including phenoxy) is 2. The Hall–Kier alpha value is -2.00. The molecule has 1 amide bonds. The fraction of sp³-hybridized carbons (Fsp3) is 0.438. The van der Waals surface area contributed by atoms with Gasteiger partial charge in [0.15, 0.2) is 15.8 Å². The minimum atomic E-state index is -0.240. The maximum atomic E-state index is 12.3. The molecule has 7 nitrogen and oxygen atoms in total. The Morgan fingerprint density at radius 3 is 3.04 bits per heavy atom. The summed E-state index contributed by atoms with van der Waals surface area (Å²) >= 11 is 2.92. The summed E-state index contributed by atoms with van der Waals surface area (Å²) in [6.07, 6.45) is 2.39. The summed E-state index contributed by atoms with van der Waals surface area (Å²) in [7, 11) is 0. The largest absolute Gasteiger partial charge is 0.454 e. The van der Waals surface area contributed by atoms with Gasteiger partial charge in [0.05, 0.1) is 5.25 Å². The lowest BCUT2D eigenvalue weighted by Crippen LogP contribution is -2.30. The average molecular weight is 378 g/mol. The number of rotatable bonds is 7. The zero-order valence-corrected chi connectivity index (χ0v) is 15.3. The zero-order chi connectivity index (χ0) is 17.2. The van der Waals surface area contributed by atoms with Crippen LogP contribution in [0, 0.1) is 0 Å². The van der Waals surface area contributed by atoms with Gasteiger partial charge in [0.1, 0.15) is 0 Å². The molecule has 2 heterocycles. The summed E-state index contributed by atoms with van der Waals surface area (Å²) in [5.74, 6) is 1.43. The fourth-order valence-electron chi connectivity index (χ4n) is 2.31. The minimum absolute atomic E-state index is 0.0328. The standard InChI is InChI=1S/C16H18N4O3S2/c1-9(24-16-20-19-15(25-16)18-11-3-4-11)14(21)17-7-10-2-5-12-13(6-10)23-8-22-12/h2,5-6,9,11H,3-4,7-8H2,1H3,(H,17,21)(H,18,19)/t9-/m0/s1. The summed E-state index contributed by atoms with van der Waals surface area (Å²) in [4.78, 5) is 12.3. The highest BCUT2D eigenvalue weighted by Crippen LogP contribution is 2.33. The second kappa shape index (κ2) is 7.09. The van der Waals surface area contributed by atoms with Gasteiger partial charge < -0.3 is 20.1 Å². The van der Waals surface area contributed by atoms with Crippen molar-refractivity contribution in [1.29, 1.82) is 0 Å². The summed E-state index contributed by atoms with van der Waals surface area (Å²) in [5, 5.41) is 15.1. The van der Waals surface area contributed by atoms with Crippen LogP contribution < -0.4 is 20.1 Å². The van der Waals surface area contributed by atoms with E-state index in [1.165, 1.54) is 35.9 Å². The monoisotopic (exact) mass is 378 g/mol. The van der Waals surface area contributed by atoms with Crippen molar-refractivity contribution >= 4 is 34.1 Å². The van der Waals surface area contributed by atoms with Gasteiger partial charge >= 0.3 is 0 Å². The fourth-order valence-corrected chi connectivity index (χ4v) is 4.30. The number of anilines is 1. The Kier molecular flexibility index (Phi) is 4.67. The van der Waals surface area contributed by atoms with Crippen LogP contribution in [0.5, 0.6) is 11.5 Å². The molecule has 0 bridgehead atoms. The first kappa shape index (κ1) is 16.5. The number of nitrogens with one attached hydrogen (secondary N) is 2. The van der Waals surface area contributed by atoms with Gasteiger partial charge in [-0.2, -0.15) is 0 Å². The first-order valence-corrected chi connectivity index (χ1v) is 9.80. The van der Waals surface area contributed by atoms with Crippen LogP contribution in [0.15, 0.2) is 22.5 Å². The lowest BCUT2D eigenvalue weighted by molar-refractivity contribution is -0.120. The van der Waals surface area contributed by atoms with Crippen molar-refractivity contribution in [1.82, 2.24) is 15.5 Å². The van der Waals surface area contributed by atoms with E-state index in [0.29, 0.717) is 12.6 Å². The van der Waals surface area contributed by atoms with Crippen molar-refractivity contribution < 1.29 is 14.3 Å². The van der Waals surface area contributed by atoms with Crippen molar-refractivity contribution in [3.05, 3.63) is 23.8 Å². The lowest BCUT2D eigenvalue weighted by atomic mass is 10.2. The van der Waals surface area contributed by atoms with Gasteiger partial charge in [-0.25, -0.2) is 0 Å². The highest BCUT2D eigenvalue weighted by molar-refractivity contribution is 8.02. The van der Waals surface area contributed by atoms with Crippen molar-refractivity contribution in [3.8, 4) is 11.5 Å². The lowest BCUT2D eigenvalue weighted by Gasteiger charge is -2.10. The first-order valence-electron chi connectivity index (χ1n) is 8.10. The van der Waals surface area contributed by atoms with Crippen LogP contribution in [0.1, 0.15) is 25.3 Å². The van der Waals surface area contributed by atoms with Gasteiger partial charge in [-0.3, -0.25) is 4.79 Å². The van der Waals surface area contributed by atoms with Crippen molar-refractivity contribution in [3.63, 3.8) is 0 Å². The molecule has 0 saturated heterocycles. The molecule has 4 rings (SSSR count). The highest BCUT2D eigenvalue weighted by atomic mass is 32.2. The van der Waals surface area contributed by atoms with E-state index in [2.05, 4.69) is 20.8 Å². The number of thioether (sulfide) groups is 1. The van der Waals surface area contributed by atoms with Crippen molar-refractivity contribution in [2.75, 3.05) is 12.1 Å². The number of nitrogens with zero attached hydrogens (tertiary/aromatic N) is 2. The number of carbonyl (C=O) groups excluding carboxylic acids is 1. The van der Waals surface area contributed by atoms with E-state index in [4.69, 9.17) is 9.47 Å². The third kappa shape index (κ3) is 4.16. The molecular formula is C16H18N4O3S2. The molecule has 2 aromatic rings. The molecule has 0 spiro atoms. The van der Waals surface area contributed by atoms with E-state index in [-0.39, 0.29) is 18.0 Å². The predicted molar refractivity (Wildman–Crippen MR) is 96.3 cm³/mol. The number of aromatic nitrogens is 2. The Labute approximate surface area is 153 Å². The topological polar surface area (TPSA) is 85.4 Å². The maximum absolute atomic E-state index is 12.3. The summed E-state index contributed by atoms with van der Waals surface area (Å²) in [6, 6.07) is 6.22. The molecule has 1 aliphatic heterocycles. The molecule has 2 N–H and O–H groups in total. The van der Waals surface area contributed by atoms with E-state index < -0.39 is 0 Å². The molecule has 1 aromatic heterocycles. The maximum Gasteiger partial charge on any atom is 0.233 e. The second-order valence-corrected chi connectivity index (χ2v) is 8.52. The SMILES string of the molecule is C[C@H](Sc1nnc(NC2CC2)s1)C(=O)NCc1ccc2c(c1)OCO2. The summed E-state index contributed by atoms with van der Waals surface area (Å²) < 4.78 is 11.4. The molecule has 0 radical (unpaired) electrons. The van der Waals surface area contributed by atoms with Crippen LogP contribution in [0.3, 0.4) is 0 Å². The third-order valence-electron chi connectivity index (χ3n) is 3.86. The van der Waals surface area contributed by atoms with Crippen LogP contribution in [0.4, 0.5) is 5.13 Å². The van der Waals surface area contributed by atoms with E-state index in [1.54, 1.807) is 0 Å². The van der Waals surface area contributed by atoms with E-state index in [1.807, 2.05) is 25.1 Å². The van der Waals surface area contributed by atoms with E-state index >= 15 is 0 Å². The Bertz CT molecular complexity index is 778. The smallest absolute Gasteiger partial charge is 0.233 e. The number of hydrogen-bond acceptors (Lipinski definition) is 8. The molecule has 1 atom stereocenters. The van der Waals surface area contributed by atoms with Gasteiger partial charge in [0.25, 0.3) is 0 Å². The van der Waals surface area contributed by atoms with Crippen LogP contribution in [0.2, 0.25) is 0 Å². The van der Waals surface area contributed by atoms with Crippen molar-refractivity contribution in [2.45, 2.75) is 41.9 Å². The summed E-state index contributed by atoms with van der Waals surface area (Å²) in [6.45, 7) is 2.57. The van der Waals surface area contributed by atoms with Crippen LogP contribution in [0.25, 0.3) is 0 Å². The summed E-state index contributed by atoms with van der Waals surface area (Å²) in [5.41, 5.74) is 0.974. The second-order valence-electron chi connectivity index (χ2n) is 5.96. The average Bonchev–Trinajstić information content (AvgIpc) is 3.12. The Morgan fingerprint density at radius 2 is 2.20 bits per heavy atom. The molecule has 0 unspecified atom stereocenters. The van der Waals surface area contributed by atoms with Crippen LogP contribution >= 0.6 is 23.1 Å². The molecule has 9 heteroatoms.